The van der Waals surface area contributed by atoms with Crippen LogP contribution < -0.4 is 4.74 Å². The number of carboxylic acid groups (broad SMARTS) is 1. The van der Waals surface area contributed by atoms with E-state index in [1.54, 1.807) is 11.7 Å². The van der Waals surface area contributed by atoms with Crippen molar-refractivity contribution < 1.29 is 19.4 Å². The maximum atomic E-state index is 11.8. The predicted octanol–water partition coefficient (Wildman–Crippen LogP) is 0.739. The van der Waals surface area contributed by atoms with Crippen molar-refractivity contribution in [3.63, 3.8) is 0 Å². The maximum Gasteiger partial charge on any atom is 0.303 e. The first-order chi connectivity index (χ1) is 9.32. The number of likely N-dealkylation sites (N-methyl/N-ethyl adjacent to an activating group) is 1. The summed E-state index contributed by atoms with van der Waals surface area (Å²) in [6, 6.07) is 0. The van der Waals surface area contributed by atoms with Crippen molar-refractivity contribution in [2.75, 3.05) is 20.2 Å². The predicted molar refractivity (Wildman–Crippen MR) is 72.7 cm³/mol. The number of aryl methyl sites for hydroxylation is 2. The molecule has 20 heavy (non-hydrogen) atoms. The van der Waals surface area contributed by atoms with E-state index in [0.717, 1.165) is 11.4 Å². The first-order valence-corrected chi connectivity index (χ1v) is 6.41. The second-order valence-corrected chi connectivity index (χ2v) is 4.72. The second kappa shape index (κ2) is 6.93. The van der Waals surface area contributed by atoms with Crippen molar-refractivity contribution >= 4 is 11.9 Å². The van der Waals surface area contributed by atoms with E-state index in [1.807, 2.05) is 20.9 Å². The molecule has 7 nitrogen and oxygen atoms in total. The number of aliphatic carboxylic acids is 1. The van der Waals surface area contributed by atoms with Gasteiger partial charge in [0.1, 0.15) is 5.69 Å². The monoisotopic (exact) mass is 283 g/mol. The van der Waals surface area contributed by atoms with Crippen LogP contribution >= 0.6 is 0 Å². The molecular formula is C13H21N3O4. The van der Waals surface area contributed by atoms with E-state index in [-0.39, 0.29) is 18.9 Å². The highest BCUT2D eigenvalue weighted by Gasteiger charge is 2.14. The summed E-state index contributed by atoms with van der Waals surface area (Å²) >= 11 is 0. The molecule has 1 N–H and O–H groups in total. The molecule has 1 heterocycles. The van der Waals surface area contributed by atoms with Gasteiger partial charge in [0.05, 0.1) is 5.69 Å². The van der Waals surface area contributed by atoms with Crippen molar-refractivity contribution in [3.05, 3.63) is 11.4 Å². The number of hydrogen-bond donors (Lipinski definition) is 1. The number of carboxylic acids is 1. The zero-order valence-corrected chi connectivity index (χ0v) is 12.3. The lowest BCUT2D eigenvalue weighted by Crippen LogP contribution is -2.32. The molecule has 1 aromatic rings. The Hall–Kier alpha value is -2.05. The molecule has 0 bridgehead atoms. The number of nitrogens with zero attached hydrogens (tertiary/aromatic N) is 3. The van der Waals surface area contributed by atoms with Crippen molar-refractivity contribution in [1.29, 1.82) is 0 Å². The van der Waals surface area contributed by atoms with Crippen LogP contribution in [0.15, 0.2) is 0 Å². The van der Waals surface area contributed by atoms with E-state index >= 15 is 0 Å². The van der Waals surface area contributed by atoms with E-state index < -0.39 is 5.97 Å². The Kier molecular flexibility index (Phi) is 5.54. The van der Waals surface area contributed by atoms with Crippen LogP contribution in [0.4, 0.5) is 0 Å². The fraction of sp³-hybridized carbons (Fsp3) is 0.615. The first-order valence-electron chi connectivity index (χ1n) is 6.41. The molecule has 0 spiro atoms. The Morgan fingerprint density at radius 1 is 1.40 bits per heavy atom. The minimum Gasteiger partial charge on any atom is -0.481 e. The standard InChI is InChI=1S/C13H21N3O4/c1-9-13(10(2)16(4)14-9)20-8-11(17)15(3)7-5-6-12(18)19/h5-8H2,1-4H3,(H,18,19). The molecule has 0 unspecified atom stereocenters. The van der Waals surface area contributed by atoms with Crippen LogP contribution in [0.1, 0.15) is 24.2 Å². The van der Waals surface area contributed by atoms with Gasteiger partial charge in [-0.05, 0) is 20.3 Å². The average molecular weight is 283 g/mol. The van der Waals surface area contributed by atoms with Gasteiger partial charge >= 0.3 is 5.97 Å². The third-order valence-corrected chi connectivity index (χ3v) is 3.09. The lowest BCUT2D eigenvalue weighted by atomic mass is 10.3. The summed E-state index contributed by atoms with van der Waals surface area (Å²) < 4.78 is 7.21. The summed E-state index contributed by atoms with van der Waals surface area (Å²) in [5, 5.41) is 12.7. The summed E-state index contributed by atoms with van der Waals surface area (Å²) in [6.07, 6.45) is 0.488. The van der Waals surface area contributed by atoms with Crippen molar-refractivity contribution in [3.8, 4) is 5.75 Å². The van der Waals surface area contributed by atoms with E-state index in [2.05, 4.69) is 5.10 Å². The highest BCUT2D eigenvalue weighted by Crippen LogP contribution is 2.21. The molecule has 0 aromatic carbocycles. The molecule has 7 heteroatoms. The fourth-order valence-electron chi connectivity index (χ4n) is 1.80. The molecule has 0 fully saturated rings. The van der Waals surface area contributed by atoms with Crippen LogP contribution in [0, 0.1) is 13.8 Å². The molecule has 0 atom stereocenters. The van der Waals surface area contributed by atoms with Gasteiger partial charge in [0.15, 0.2) is 12.4 Å². The van der Waals surface area contributed by atoms with Gasteiger partial charge in [-0.2, -0.15) is 5.10 Å². The zero-order chi connectivity index (χ0) is 15.3. The van der Waals surface area contributed by atoms with Crippen LogP contribution in [0.5, 0.6) is 5.75 Å². The largest absolute Gasteiger partial charge is 0.481 e. The molecule has 112 valence electrons. The molecule has 0 aliphatic heterocycles. The quantitative estimate of drug-likeness (QED) is 0.797. The van der Waals surface area contributed by atoms with E-state index in [1.165, 1.54) is 4.90 Å². The second-order valence-electron chi connectivity index (χ2n) is 4.72. The highest BCUT2D eigenvalue weighted by molar-refractivity contribution is 5.77. The number of carbonyl (C=O) groups excluding carboxylic acids is 1. The third-order valence-electron chi connectivity index (χ3n) is 3.09. The van der Waals surface area contributed by atoms with Crippen molar-refractivity contribution in [2.45, 2.75) is 26.7 Å². The number of aromatic nitrogens is 2. The van der Waals surface area contributed by atoms with E-state index in [4.69, 9.17) is 9.84 Å². The molecule has 0 saturated heterocycles. The van der Waals surface area contributed by atoms with Crippen LogP contribution in [-0.4, -0.2) is 51.9 Å². The Balaban J connectivity index is 2.44. The Morgan fingerprint density at radius 2 is 2.05 bits per heavy atom. The molecule has 0 aliphatic rings. The van der Waals surface area contributed by atoms with Crippen molar-refractivity contribution in [1.82, 2.24) is 14.7 Å². The fourth-order valence-corrected chi connectivity index (χ4v) is 1.80. The van der Waals surface area contributed by atoms with Gasteiger partial charge in [0.25, 0.3) is 5.91 Å². The van der Waals surface area contributed by atoms with Gasteiger partial charge in [-0.1, -0.05) is 0 Å². The average Bonchev–Trinajstić information content (AvgIpc) is 2.60. The topological polar surface area (TPSA) is 84.7 Å². The lowest BCUT2D eigenvalue weighted by molar-refractivity contribution is -0.138. The Bertz CT molecular complexity index is 496. The van der Waals surface area contributed by atoms with Crippen LogP contribution in [0.3, 0.4) is 0 Å². The smallest absolute Gasteiger partial charge is 0.303 e. The van der Waals surface area contributed by atoms with E-state index in [0.29, 0.717) is 18.7 Å². The minimum atomic E-state index is -0.858. The summed E-state index contributed by atoms with van der Waals surface area (Å²) in [7, 11) is 3.45. The van der Waals surface area contributed by atoms with Gasteiger partial charge in [-0.3, -0.25) is 14.3 Å². The number of amides is 1. The van der Waals surface area contributed by atoms with Gasteiger partial charge in [-0.25, -0.2) is 0 Å². The van der Waals surface area contributed by atoms with Gasteiger partial charge in [-0.15, -0.1) is 0 Å². The SMILES string of the molecule is Cc1nn(C)c(C)c1OCC(=O)N(C)CCCC(=O)O. The molecule has 1 aromatic heterocycles. The molecule has 0 radical (unpaired) electrons. The number of rotatable bonds is 7. The summed E-state index contributed by atoms with van der Waals surface area (Å²) in [5.74, 6) is -0.415. The summed E-state index contributed by atoms with van der Waals surface area (Å²) in [5.41, 5.74) is 1.61. The van der Waals surface area contributed by atoms with Crippen LogP contribution in [0.25, 0.3) is 0 Å². The lowest BCUT2D eigenvalue weighted by Gasteiger charge is -2.17. The highest BCUT2D eigenvalue weighted by atomic mass is 16.5. The summed E-state index contributed by atoms with van der Waals surface area (Å²) in [6.45, 7) is 4.02. The maximum absolute atomic E-state index is 11.8. The molecule has 0 saturated carbocycles. The molecule has 1 rings (SSSR count). The van der Waals surface area contributed by atoms with E-state index in [9.17, 15) is 9.59 Å². The van der Waals surface area contributed by atoms with Crippen LogP contribution in [-0.2, 0) is 16.6 Å². The van der Waals surface area contributed by atoms with Gasteiger partial charge < -0.3 is 14.7 Å². The normalized spacial score (nSPS) is 10.4. The molecular weight excluding hydrogens is 262 g/mol. The summed E-state index contributed by atoms with van der Waals surface area (Å²) in [4.78, 5) is 23.7. The zero-order valence-electron chi connectivity index (χ0n) is 12.3. The van der Waals surface area contributed by atoms with Crippen molar-refractivity contribution in [2.24, 2.45) is 7.05 Å². The Labute approximate surface area is 118 Å². The Morgan fingerprint density at radius 3 is 2.55 bits per heavy atom. The molecule has 0 aliphatic carbocycles. The van der Waals surface area contributed by atoms with Gasteiger partial charge in [0, 0.05) is 27.1 Å². The van der Waals surface area contributed by atoms with Gasteiger partial charge in [0.2, 0.25) is 0 Å². The third kappa shape index (κ3) is 4.25. The van der Waals surface area contributed by atoms with Crippen LogP contribution in [0.2, 0.25) is 0 Å². The first kappa shape index (κ1) is 16.0. The molecule has 1 amide bonds. The number of hydrogen-bond acceptors (Lipinski definition) is 4. The number of ether oxygens (including phenoxy) is 1. The minimum absolute atomic E-state index is 0.0549. The number of carbonyl (C=O) groups is 2.